The molecule has 50 heavy (non-hydrogen) atoms. The lowest BCUT2D eigenvalue weighted by Crippen LogP contribution is -2.37. The number of fused-ring (bicyclic) bond motifs is 1. The average Bonchev–Trinajstić information content (AvgIpc) is 3.14. The number of nitrogens with zero attached hydrogens (tertiary/aromatic N) is 1. The Morgan fingerprint density at radius 2 is 1.76 bits per heavy atom. The number of carboxylic acid groups (broad SMARTS) is 1. The van der Waals surface area contributed by atoms with Crippen molar-refractivity contribution in [1.29, 1.82) is 0 Å². The molecule has 4 aromatic carbocycles. The number of carbonyl (C=O) groups is 2. The number of aliphatic hydroxyl groups excluding tert-OH is 1. The summed E-state index contributed by atoms with van der Waals surface area (Å²) in [6.07, 6.45) is 1.55. The summed E-state index contributed by atoms with van der Waals surface area (Å²) >= 11 is 0. The predicted molar refractivity (Wildman–Crippen MR) is 188 cm³/mol. The van der Waals surface area contributed by atoms with Gasteiger partial charge < -0.3 is 40.4 Å². The third-order valence-electron chi connectivity index (χ3n) is 9.08. The highest BCUT2D eigenvalue weighted by Crippen LogP contribution is 2.34. The number of carbonyl (C=O) groups excluding carboxylic acids is 1. The molecular formula is C39H37N3O8. The van der Waals surface area contributed by atoms with Crippen LogP contribution in [0.3, 0.4) is 0 Å². The number of ether oxygens (including phenoxy) is 1. The molecule has 0 aliphatic carbocycles. The molecule has 2 atom stereocenters. The van der Waals surface area contributed by atoms with Crippen molar-refractivity contribution in [2.24, 2.45) is 0 Å². The van der Waals surface area contributed by atoms with E-state index >= 15 is 0 Å². The number of hydrogen-bond acceptors (Lipinski definition) is 8. The van der Waals surface area contributed by atoms with E-state index in [0.29, 0.717) is 48.3 Å². The van der Waals surface area contributed by atoms with Gasteiger partial charge in [-0.25, -0.2) is 4.79 Å². The number of phenols is 1. The number of aromatic amines is 1. The van der Waals surface area contributed by atoms with E-state index in [0.717, 1.165) is 16.7 Å². The van der Waals surface area contributed by atoms with Gasteiger partial charge in [0.05, 0.1) is 24.3 Å². The molecule has 0 saturated heterocycles. The Bertz CT molecular complexity index is 2150. The zero-order chi connectivity index (χ0) is 35.4. The molecule has 1 amide bonds. The molecule has 6 rings (SSSR count). The molecule has 0 fully saturated rings. The quantitative estimate of drug-likeness (QED) is 0.119. The fourth-order valence-electron chi connectivity index (χ4n) is 6.36. The summed E-state index contributed by atoms with van der Waals surface area (Å²) in [5.74, 6) is -1.22. The monoisotopic (exact) mass is 675 g/mol. The summed E-state index contributed by atoms with van der Waals surface area (Å²) in [5, 5.41) is 46.1. The molecule has 0 radical (unpaired) electrons. The topological polar surface area (TPSA) is 172 Å². The number of carboxylic acids is 1. The number of pyridine rings is 1. The first-order valence-corrected chi connectivity index (χ1v) is 16.1. The molecule has 11 nitrogen and oxygen atoms in total. The standard InChI is InChI=1S/C39H37N3O8/c1-50-34-20-24(22-40-23-33(44)29-12-14-32(43)36-30(29)13-15-35(45)41-36)10-11-31(34)37(46)42-18-16-25(17-19-42)26-6-5-9-28(21-26)39(49,38(47)48)27-7-3-2-4-8-27/h2-16,20-21,33,40,43-44,49H,17-19,22-23H2,1H3,(H,41,45)(H,47,48)/t33-,39-/m0/s1. The highest BCUT2D eigenvalue weighted by Gasteiger charge is 2.40. The zero-order valence-corrected chi connectivity index (χ0v) is 27.3. The Morgan fingerprint density at radius 1 is 0.980 bits per heavy atom. The van der Waals surface area contributed by atoms with Gasteiger partial charge in [0.25, 0.3) is 5.91 Å². The van der Waals surface area contributed by atoms with Gasteiger partial charge in [0.1, 0.15) is 11.5 Å². The van der Waals surface area contributed by atoms with E-state index < -0.39 is 17.7 Å². The molecule has 0 spiro atoms. The second kappa shape index (κ2) is 14.4. The maximum absolute atomic E-state index is 13.6. The summed E-state index contributed by atoms with van der Waals surface area (Å²) in [4.78, 5) is 41.9. The number of nitrogens with one attached hydrogen (secondary N) is 2. The molecule has 6 N–H and O–H groups in total. The number of H-pyrrole nitrogens is 1. The van der Waals surface area contributed by atoms with Gasteiger partial charge in [0.15, 0.2) is 0 Å². The van der Waals surface area contributed by atoms with Crippen LogP contribution in [-0.2, 0) is 16.9 Å². The number of benzene rings is 4. The highest BCUT2D eigenvalue weighted by atomic mass is 16.5. The van der Waals surface area contributed by atoms with Gasteiger partial charge in [-0.3, -0.25) is 9.59 Å². The first-order chi connectivity index (χ1) is 24.1. The smallest absolute Gasteiger partial charge is 0.345 e. The van der Waals surface area contributed by atoms with Crippen LogP contribution in [0, 0.1) is 0 Å². The predicted octanol–water partition coefficient (Wildman–Crippen LogP) is 4.32. The van der Waals surface area contributed by atoms with Crippen LogP contribution in [0.15, 0.2) is 108 Å². The lowest BCUT2D eigenvalue weighted by Gasteiger charge is -2.28. The fourth-order valence-corrected chi connectivity index (χ4v) is 6.36. The van der Waals surface area contributed by atoms with Crippen LogP contribution in [-0.4, -0.2) is 68.9 Å². The number of methoxy groups -OCH3 is 1. The SMILES string of the molecule is COc1cc(CNC[C@H](O)c2ccc(O)c3[nH]c(=O)ccc23)ccc1C(=O)N1CC=C(c2cccc([C@](O)(C(=O)O)c3ccccc3)c2)CC1. The van der Waals surface area contributed by atoms with E-state index in [1.807, 2.05) is 18.2 Å². The van der Waals surface area contributed by atoms with E-state index in [2.05, 4.69) is 10.3 Å². The first kappa shape index (κ1) is 34.1. The Balaban J connectivity index is 1.11. The molecule has 11 heteroatoms. The van der Waals surface area contributed by atoms with Crippen molar-refractivity contribution in [3.05, 3.63) is 147 Å². The lowest BCUT2D eigenvalue weighted by atomic mass is 9.84. The van der Waals surface area contributed by atoms with Crippen molar-refractivity contribution in [1.82, 2.24) is 15.2 Å². The molecule has 1 aliphatic heterocycles. The van der Waals surface area contributed by atoms with Gasteiger partial charge in [-0.15, -0.1) is 0 Å². The van der Waals surface area contributed by atoms with Crippen LogP contribution < -0.4 is 15.6 Å². The largest absolute Gasteiger partial charge is 0.506 e. The summed E-state index contributed by atoms with van der Waals surface area (Å²) < 4.78 is 5.59. The maximum Gasteiger partial charge on any atom is 0.345 e. The number of aromatic nitrogens is 1. The highest BCUT2D eigenvalue weighted by molar-refractivity contribution is 5.97. The Hall–Kier alpha value is -5.75. The number of aliphatic carboxylic acids is 1. The van der Waals surface area contributed by atoms with E-state index in [1.54, 1.807) is 77.7 Å². The van der Waals surface area contributed by atoms with Crippen LogP contribution in [0.4, 0.5) is 0 Å². The third kappa shape index (κ3) is 6.74. The van der Waals surface area contributed by atoms with Crippen molar-refractivity contribution >= 4 is 28.4 Å². The summed E-state index contributed by atoms with van der Waals surface area (Å²) in [6.45, 7) is 1.34. The van der Waals surface area contributed by atoms with Crippen molar-refractivity contribution in [3.8, 4) is 11.5 Å². The molecular weight excluding hydrogens is 638 g/mol. The van der Waals surface area contributed by atoms with Crippen LogP contribution in [0.2, 0.25) is 0 Å². The van der Waals surface area contributed by atoms with Gasteiger partial charge in [0.2, 0.25) is 11.2 Å². The van der Waals surface area contributed by atoms with Crippen molar-refractivity contribution in [2.45, 2.75) is 24.7 Å². The van der Waals surface area contributed by atoms with Crippen LogP contribution >= 0.6 is 0 Å². The molecule has 0 saturated carbocycles. The number of amides is 1. The summed E-state index contributed by atoms with van der Waals surface area (Å²) in [6, 6.07) is 26.4. The Labute approximate surface area is 287 Å². The van der Waals surface area contributed by atoms with Gasteiger partial charge in [-0.2, -0.15) is 0 Å². The Kier molecular flexibility index (Phi) is 9.82. The number of hydrogen-bond donors (Lipinski definition) is 6. The molecule has 5 aromatic rings. The molecule has 2 heterocycles. The summed E-state index contributed by atoms with van der Waals surface area (Å²) in [7, 11) is 1.50. The van der Waals surface area contributed by atoms with E-state index in [4.69, 9.17) is 4.74 Å². The molecule has 256 valence electrons. The fraction of sp³-hybridized carbons (Fsp3) is 0.205. The maximum atomic E-state index is 13.6. The van der Waals surface area contributed by atoms with Crippen LogP contribution in [0.1, 0.15) is 50.7 Å². The number of rotatable bonds is 11. The van der Waals surface area contributed by atoms with E-state index in [9.17, 15) is 34.8 Å². The third-order valence-corrected chi connectivity index (χ3v) is 9.08. The number of aromatic hydroxyl groups is 1. The average molecular weight is 676 g/mol. The molecule has 1 aromatic heterocycles. The minimum Gasteiger partial charge on any atom is -0.506 e. The van der Waals surface area contributed by atoms with Crippen LogP contribution in [0.25, 0.3) is 16.5 Å². The van der Waals surface area contributed by atoms with Gasteiger partial charge in [-0.1, -0.05) is 66.7 Å². The minimum absolute atomic E-state index is 0.0788. The second-order valence-corrected chi connectivity index (χ2v) is 12.2. The van der Waals surface area contributed by atoms with Gasteiger partial charge in [-0.05, 0) is 64.6 Å². The van der Waals surface area contributed by atoms with Gasteiger partial charge >= 0.3 is 5.97 Å². The zero-order valence-electron chi connectivity index (χ0n) is 27.3. The molecule has 0 unspecified atom stereocenters. The Morgan fingerprint density at radius 3 is 2.48 bits per heavy atom. The lowest BCUT2D eigenvalue weighted by molar-refractivity contribution is -0.155. The summed E-state index contributed by atoms with van der Waals surface area (Å²) in [5.41, 5.74) is 1.73. The van der Waals surface area contributed by atoms with Crippen molar-refractivity contribution < 1.29 is 34.8 Å². The molecule has 0 bridgehead atoms. The van der Waals surface area contributed by atoms with Crippen molar-refractivity contribution in [2.75, 3.05) is 26.7 Å². The second-order valence-electron chi connectivity index (χ2n) is 12.2. The van der Waals surface area contributed by atoms with E-state index in [-0.39, 0.29) is 40.4 Å². The van der Waals surface area contributed by atoms with Crippen molar-refractivity contribution in [3.63, 3.8) is 0 Å². The minimum atomic E-state index is -2.21. The van der Waals surface area contributed by atoms with E-state index in [1.165, 1.54) is 19.2 Å². The van der Waals surface area contributed by atoms with Crippen LogP contribution in [0.5, 0.6) is 11.5 Å². The number of phenolic OH excluding ortho intramolecular Hbond substituents is 1. The molecule has 1 aliphatic rings. The van der Waals surface area contributed by atoms with Gasteiger partial charge in [0, 0.05) is 43.2 Å². The normalized spacial score (nSPS) is 14.9. The first-order valence-electron chi connectivity index (χ1n) is 16.1. The number of aliphatic hydroxyl groups is 2.